The maximum atomic E-state index is 11.7. The van der Waals surface area contributed by atoms with Gasteiger partial charge in [0, 0.05) is 36.8 Å². The highest BCUT2D eigenvalue weighted by Gasteiger charge is 2.10. The van der Waals surface area contributed by atoms with Crippen molar-refractivity contribution in [2.24, 2.45) is 0 Å². The summed E-state index contributed by atoms with van der Waals surface area (Å²) < 4.78 is 11.6. The molecule has 5 nitrogen and oxygen atoms in total. The molecular weight excluding hydrogens is 336 g/mol. The van der Waals surface area contributed by atoms with Crippen LogP contribution in [0.5, 0.6) is 5.75 Å². The van der Waals surface area contributed by atoms with Gasteiger partial charge in [-0.1, -0.05) is 15.9 Å². The molecule has 0 aliphatic carbocycles. The minimum atomic E-state index is -0.121. The Morgan fingerprint density at radius 1 is 1.38 bits per heavy atom. The molecule has 0 radical (unpaired) electrons. The maximum Gasteiger partial charge on any atom is 0.257 e. The van der Waals surface area contributed by atoms with Crippen LogP contribution >= 0.6 is 15.9 Å². The number of ether oxygens (including phenoxy) is 2. The molecule has 6 heteroatoms. The lowest BCUT2D eigenvalue weighted by atomic mass is 10.1. The SMILES string of the molecule is CNCc1cc(Br)cc(C)c1OCC(=O)NCCCOC. The molecule has 1 rings (SSSR count). The van der Waals surface area contributed by atoms with E-state index in [1.54, 1.807) is 7.11 Å². The molecule has 0 saturated carbocycles. The van der Waals surface area contributed by atoms with E-state index in [0.717, 1.165) is 27.8 Å². The molecule has 0 bridgehead atoms. The normalized spacial score (nSPS) is 10.5. The zero-order chi connectivity index (χ0) is 15.7. The summed E-state index contributed by atoms with van der Waals surface area (Å²) in [4.78, 5) is 11.7. The van der Waals surface area contributed by atoms with Crippen molar-refractivity contribution in [2.45, 2.75) is 19.9 Å². The van der Waals surface area contributed by atoms with Gasteiger partial charge in [-0.15, -0.1) is 0 Å². The van der Waals surface area contributed by atoms with Crippen LogP contribution in [0.3, 0.4) is 0 Å². The summed E-state index contributed by atoms with van der Waals surface area (Å²) in [5.74, 6) is 0.642. The van der Waals surface area contributed by atoms with E-state index in [0.29, 0.717) is 19.7 Å². The molecule has 1 aromatic rings. The number of carbonyl (C=O) groups excluding carboxylic acids is 1. The Balaban J connectivity index is 2.56. The summed E-state index contributed by atoms with van der Waals surface area (Å²) in [5, 5.41) is 5.90. The Hall–Kier alpha value is -1.11. The van der Waals surface area contributed by atoms with Crippen molar-refractivity contribution in [2.75, 3.05) is 33.9 Å². The lowest BCUT2D eigenvalue weighted by Gasteiger charge is -2.15. The van der Waals surface area contributed by atoms with Gasteiger partial charge >= 0.3 is 0 Å². The lowest BCUT2D eigenvalue weighted by Crippen LogP contribution is -2.30. The third kappa shape index (κ3) is 6.46. The summed E-state index contributed by atoms with van der Waals surface area (Å²) >= 11 is 3.47. The van der Waals surface area contributed by atoms with Crippen molar-refractivity contribution in [3.05, 3.63) is 27.7 Å². The van der Waals surface area contributed by atoms with Crippen LogP contribution in [0, 0.1) is 6.92 Å². The second-order valence-corrected chi connectivity index (χ2v) is 5.64. The van der Waals surface area contributed by atoms with Crippen LogP contribution in [0.15, 0.2) is 16.6 Å². The number of aryl methyl sites for hydroxylation is 1. The van der Waals surface area contributed by atoms with Gasteiger partial charge in [0.15, 0.2) is 6.61 Å². The van der Waals surface area contributed by atoms with Crippen molar-refractivity contribution in [3.8, 4) is 5.75 Å². The molecule has 0 aliphatic rings. The van der Waals surface area contributed by atoms with Crippen molar-refractivity contribution >= 4 is 21.8 Å². The summed E-state index contributed by atoms with van der Waals surface area (Å²) in [6.45, 7) is 3.91. The molecular formula is C15H23BrN2O3. The summed E-state index contributed by atoms with van der Waals surface area (Å²) in [6.07, 6.45) is 0.796. The fourth-order valence-electron chi connectivity index (χ4n) is 1.96. The van der Waals surface area contributed by atoms with Gasteiger partial charge in [0.1, 0.15) is 5.75 Å². The number of rotatable bonds is 9. The molecule has 0 saturated heterocycles. The van der Waals surface area contributed by atoms with E-state index < -0.39 is 0 Å². The highest BCUT2D eigenvalue weighted by atomic mass is 79.9. The van der Waals surface area contributed by atoms with Gasteiger partial charge < -0.3 is 20.1 Å². The Kier molecular flexibility index (Phi) is 8.34. The number of methoxy groups -OCH3 is 1. The predicted octanol–water partition coefficient (Wildman–Crippen LogP) is 2.01. The molecule has 0 aliphatic heterocycles. The van der Waals surface area contributed by atoms with Crippen molar-refractivity contribution in [3.63, 3.8) is 0 Å². The van der Waals surface area contributed by atoms with Crippen LogP contribution in [0.25, 0.3) is 0 Å². The van der Waals surface area contributed by atoms with Crippen molar-refractivity contribution in [1.29, 1.82) is 0 Å². The van der Waals surface area contributed by atoms with Crippen molar-refractivity contribution in [1.82, 2.24) is 10.6 Å². The number of nitrogens with one attached hydrogen (secondary N) is 2. The topological polar surface area (TPSA) is 59.6 Å². The Morgan fingerprint density at radius 3 is 2.81 bits per heavy atom. The van der Waals surface area contributed by atoms with E-state index >= 15 is 0 Å². The number of carbonyl (C=O) groups is 1. The fourth-order valence-corrected chi connectivity index (χ4v) is 2.58. The van der Waals surface area contributed by atoms with E-state index in [1.165, 1.54) is 0 Å². The average Bonchev–Trinajstić information content (AvgIpc) is 2.43. The average molecular weight is 359 g/mol. The van der Waals surface area contributed by atoms with Gasteiger partial charge in [0.25, 0.3) is 5.91 Å². The van der Waals surface area contributed by atoms with E-state index in [4.69, 9.17) is 9.47 Å². The second-order valence-electron chi connectivity index (χ2n) is 4.73. The molecule has 0 aromatic heterocycles. The van der Waals surface area contributed by atoms with Gasteiger partial charge in [0.05, 0.1) is 0 Å². The van der Waals surface area contributed by atoms with Crippen LogP contribution in [0.1, 0.15) is 17.5 Å². The molecule has 0 atom stereocenters. The molecule has 118 valence electrons. The number of benzene rings is 1. The van der Waals surface area contributed by atoms with Gasteiger partial charge in [-0.25, -0.2) is 0 Å². The van der Waals surface area contributed by atoms with Crippen molar-refractivity contribution < 1.29 is 14.3 Å². The fraction of sp³-hybridized carbons (Fsp3) is 0.533. The number of hydrogen-bond donors (Lipinski definition) is 2. The highest BCUT2D eigenvalue weighted by Crippen LogP contribution is 2.28. The standard InChI is InChI=1S/C15H23BrN2O3/c1-11-7-13(16)8-12(9-17-2)15(11)21-10-14(19)18-5-4-6-20-3/h7-8,17H,4-6,9-10H2,1-3H3,(H,18,19). The van der Waals surface area contributed by atoms with Gasteiger partial charge in [0.2, 0.25) is 0 Å². The maximum absolute atomic E-state index is 11.7. The first-order chi connectivity index (χ1) is 10.1. The first-order valence-corrected chi connectivity index (χ1v) is 7.69. The summed E-state index contributed by atoms with van der Waals surface area (Å²) in [6, 6.07) is 3.97. The number of hydrogen-bond acceptors (Lipinski definition) is 4. The van der Waals surface area contributed by atoms with Gasteiger partial charge in [-0.05, 0) is 38.1 Å². The van der Waals surface area contributed by atoms with E-state index in [1.807, 2.05) is 26.1 Å². The zero-order valence-electron chi connectivity index (χ0n) is 12.8. The Morgan fingerprint density at radius 2 is 2.14 bits per heavy atom. The molecule has 0 spiro atoms. The lowest BCUT2D eigenvalue weighted by molar-refractivity contribution is -0.123. The first kappa shape index (κ1) is 17.9. The monoisotopic (exact) mass is 358 g/mol. The van der Waals surface area contributed by atoms with Crippen LogP contribution < -0.4 is 15.4 Å². The predicted molar refractivity (Wildman–Crippen MR) is 86.6 cm³/mol. The summed E-state index contributed by atoms with van der Waals surface area (Å²) in [7, 11) is 3.52. The molecule has 0 fully saturated rings. The van der Waals surface area contributed by atoms with Gasteiger partial charge in [-0.2, -0.15) is 0 Å². The van der Waals surface area contributed by atoms with Crippen LogP contribution in [-0.2, 0) is 16.1 Å². The molecule has 0 unspecified atom stereocenters. The Bertz CT molecular complexity index is 466. The minimum absolute atomic E-state index is 0.0200. The van der Waals surface area contributed by atoms with E-state index in [-0.39, 0.29) is 12.5 Å². The largest absolute Gasteiger partial charge is 0.483 e. The third-order valence-electron chi connectivity index (χ3n) is 2.88. The smallest absolute Gasteiger partial charge is 0.257 e. The second kappa shape index (κ2) is 9.76. The quantitative estimate of drug-likeness (QED) is 0.663. The van der Waals surface area contributed by atoms with E-state index in [9.17, 15) is 4.79 Å². The molecule has 0 heterocycles. The molecule has 2 N–H and O–H groups in total. The van der Waals surface area contributed by atoms with E-state index in [2.05, 4.69) is 26.6 Å². The molecule has 1 aromatic carbocycles. The first-order valence-electron chi connectivity index (χ1n) is 6.90. The number of halogens is 1. The molecule has 1 amide bonds. The zero-order valence-corrected chi connectivity index (χ0v) is 14.4. The minimum Gasteiger partial charge on any atom is -0.483 e. The number of amides is 1. The highest BCUT2D eigenvalue weighted by molar-refractivity contribution is 9.10. The van der Waals surface area contributed by atoms with Crippen LogP contribution in [0.2, 0.25) is 0 Å². The van der Waals surface area contributed by atoms with Gasteiger partial charge in [-0.3, -0.25) is 4.79 Å². The summed E-state index contributed by atoms with van der Waals surface area (Å²) in [5.41, 5.74) is 2.03. The third-order valence-corrected chi connectivity index (χ3v) is 3.34. The van der Waals surface area contributed by atoms with Crippen LogP contribution in [0.4, 0.5) is 0 Å². The molecule has 21 heavy (non-hydrogen) atoms. The Labute approximate surface area is 134 Å². The van der Waals surface area contributed by atoms with Crippen LogP contribution in [-0.4, -0.2) is 39.8 Å².